The first kappa shape index (κ1) is 19.4. The maximum atomic E-state index is 12.6. The molecular weight excluding hydrogens is 360 g/mol. The summed E-state index contributed by atoms with van der Waals surface area (Å²) in [5.74, 6) is 0.0354. The number of carbonyl (C=O) groups excluding carboxylic acids is 2. The molecule has 0 aliphatic carbocycles. The number of amides is 3. The first-order valence-electron chi connectivity index (χ1n) is 9.40. The zero-order chi connectivity index (χ0) is 19.2. The van der Waals surface area contributed by atoms with Crippen LogP contribution in [0, 0.1) is 13.8 Å². The standard InChI is InChI=1S/C20H26N4O2S/c1-14-15(2)27-18(22-14)9-10-21-20(26)23-17-8-6-7-16(13-17)19(25)24-11-4-3-5-12-24/h6-8,13H,3-5,9-12H2,1-2H3,(H2,21,23,26). The molecule has 1 fully saturated rings. The number of nitrogens with zero attached hydrogens (tertiary/aromatic N) is 2. The van der Waals surface area contributed by atoms with E-state index in [1.165, 1.54) is 11.3 Å². The highest BCUT2D eigenvalue weighted by Gasteiger charge is 2.18. The third-order valence-electron chi connectivity index (χ3n) is 4.71. The SMILES string of the molecule is Cc1nc(CCNC(=O)Nc2cccc(C(=O)N3CCCCC3)c2)sc1C. The van der Waals surface area contributed by atoms with Crippen LogP contribution in [0.3, 0.4) is 0 Å². The maximum Gasteiger partial charge on any atom is 0.319 e. The van der Waals surface area contributed by atoms with Crippen molar-refractivity contribution >= 4 is 29.0 Å². The highest BCUT2D eigenvalue weighted by atomic mass is 32.1. The van der Waals surface area contributed by atoms with Crippen LogP contribution in [0.4, 0.5) is 10.5 Å². The Morgan fingerprint density at radius 3 is 2.67 bits per heavy atom. The van der Waals surface area contributed by atoms with Gasteiger partial charge in [0.25, 0.3) is 5.91 Å². The van der Waals surface area contributed by atoms with Gasteiger partial charge in [0.2, 0.25) is 0 Å². The summed E-state index contributed by atoms with van der Waals surface area (Å²) in [6.07, 6.45) is 4.01. The number of likely N-dealkylation sites (tertiary alicyclic amines) is 1. The maximum absolute atomic E-state index is 12.6. The number of rotatable bonds is 5. The van der Waals surface area contributed by atoms with Gasteiger partial charge in [-0.3, -0.25) is 4.79 Å². The van der Waals surface area contributed by atoms with Crippen LogP contribution in [-0.2, 0) is 6.42 Å². The van der Waals surface area contributed by atoms with E-state index in [9.17, 15) is 9.59 Å². The van der Waals surface area contributed by atoms with E-state index >= 15 is 0 Å². The smallest absolute Gasteiger partial charge is 0.319 e. The molecule has 27 heavy (non-hydrogen) atoms. The van der Waals surface area contributed by atoms with Crippen LogP contribution in [0.2, 0.25) is 0 Å². The van der Waals surface area contributed by atoms with Crippen LogP contribution in [0.25, 0.3) is 0 Å². The Morgan fingerprint density at radius 2 is 1.96 bits per heavy atom. The fourth-order valence-electron chi connectivity index (χ4n) is 3.11. The van der Waals surface area contributed by atoms with Crippen molar-refractivity contribution in [2.24, 2.45) is 0 Å². The molecule has 0 atom stereocenters. The molecular formula is C20H26N4O2S. The fourth-order valence-corrected chi connectivity index (χ4v) is 4.05. The minimum atomic E-state index is -0.275. The largest absolute Gasteiger partial charge is 0.339 e. The molecule has 1 aromatic carbocycles. The van der Waals surface area contributed by atoms with Gasteiger partial charge >= 0.3 is 6.03 Å². The Morgan fingerprint density at radius 1 is 1.19 bits per heavy atom. The summed E-state index contributed by atoms with van der Waals surface area (Å²) in [5, 5.41) is 6.67. The van der Waals surface area contributed by atoms with Crippen molar-refractivity contribution in [3.8, 4) is 0 Å². The average Bonchev–Trinajstić information content (AvgIpc) is 2.99. The average molecular weight is 387 g/mol. The number of aryl methyl sites for hydroxylation is 2. The summed E-state index contributed by atoms with van der Waals surface area (Å²) in [5.41, 5.74) is 2.29. The summed E-state index contributed by atoms with van der Waals surface area (Å²) in [4.78, 5) is 32.3. The fraction of sp³-hybridized carbons (Fsp3) is 0.450. The Kier molecular flexibility index (Phi) is 6.45. The summed E-state index contributed by atoms with van der Waals surface area (Å²) in [6.45, 7) is 6.19. The molecule has 1 aliphatic heterocycles. The number of hydrogen-bond acceptors (Lipinski definition) is 4. The first-order valence-corrected chi connectivity index (χ1v) is 10.2. The summed E-state index contributed by atoms with van der Waals surface area (Å²) in [6, 6.07) is 6.85. The Labute approximate surface area is 164 Å². The molecule has 2 aromatic rings. The molecule has 2 heterocycles. The minimum Gasteiger partial charge on any atom is -0.339 e. The molecule has 3 rings (SSSR count). The molecule has 1 aliphatic rings. The second-order valence-corrected chi connectivity index (χ2v) is 8.10. The number of benzene rings is 1. The van der Waals surface area contributed by atoms with Crippen molar-refractivity contribution < 1.29 is 9.59 Å². The van der Waals surface area contributed by atoms with Gasteiger partial charge in [0.15, 0.2) is 0 Å². The topological polar surface area (TPSA) is 74.3 Å². The van der Waals surface area contributed by atoms with Crippen LogP contribution < -0.4 is 10.6 Å². The van der Waals surface area contributed by atoms with Gasteiger partial charge in [0.1, 0.15) is 0 Å². The number of urea groups is 1. The van der Waals surface area contributed by atoms with Crippen LogP contribution in [-0.4, -0.2) is 41.5 Å². The van der Waals surface area contributed by atoms with E-state index in [1.807, 2.05) is 11.8 Å². The Hall–Kier alpha value is -2.41. The zero-order valence-corrected chi connectivity index (χ0v) is 16.7. The third kappa shape index (κ3) is 5.29. The molecule has 0 radical (unpaired) electrons. The summed E-state index contributed by atoms with van der Waals surface area (Å²) >= 11 is 1.66. The number of carbonyl (C=O) groups is 2. The number of piperidine rings is 1. The summed E-state index contributed by atoms with van der Waals surface area (Å²) in [7, 11) is 0. The van der Waals surface area contributed by atoms with E-state index in [2.05, 4.69) is 22.5 Å². The molecule has 1 saturated heterocycles. The minimum absolute atomic E-state index is 0.0354. The molecule has 0 unspecified atom stereocenters. The van der Waals surface area contributed by atoms with E-state index in [1.54, 1.807) is 35.6 Å². The molecule has 0 saturated carbocycles. The zero-order valence-electron chi connectivity index (χ0n) is 15.9. The van der Waals surface area contributed by atoms with Crippen molar-refractivity contribution in [3.05, 3.63) is 45.4 Å². The van der Waals surface area contributed by atoms with E-state index < -0.39 is 0 Å². The van der Waals surface area contributed by atoms with Crippen molar-refractivity contribution in [1.82, 2.24) is 15.2 Å². The number of thiazole rings is 1. The van der Waals surface area contributed by atoms with Gasteiger partial charge in [-0.25, -0.2) is 9.78 Å². The van der Waals surface area contributed by atoms with Crippen molar-refractivity contribution in [2.45, 2.75) is 39.5 Å². The highest BCUT2D eigenvalue weighted by molar-refractivity contribution is 7.11. The van der Waals surface area contributed by atoms with Crippen LogP contribution in [0.5, 0.6) is 0 Å². The molecule has 7 heteroatoms. The molecule has 0 bridgehead atoms. The molecule has 1 aromatic heterocycles. The van der Waals surface area contributed by atoms with Crippen LogP contribution in [0.15, 0.2) is 24.3 Å². The van der Waals surface area contributed by atoms with Crippen molar-refractivity contribution in [1.29, 1.82) is 0 Å². The number of hydrogen-bond donors (Lipinski definition) is 2. The van der Waals surface area contributed by atoms with Gasteiger partial charge in [-0.05, 0) is 51.3 Å². The molecule has 3 amide bonds. The second kappa shape index (κ2) is 8.99. The van der Waals surface area contributed by atoms with Crippen molar-refractivity contribution in [2.75, 3.05) is 25.0 Å². The number of anilines is 1. The van der Waals surface area contributed by atoms with Gasteiger partial charge in [-0.2, -0.15) is 0 Å². The monoisotopic (exact) mass is 386 g/mol. The summed E-state index contributed by atoms with van der Waals surface area (Å²) < 4.78 is 0. The first-order chi connectivity index (χ1) is 13.0. The molecule has 144 valence electrons. The highest BCUT2D eigenvalue weighted by Crippen LogP contribution is 2.17. The quantitative estimate of drug-likeness (QED) is 0.822. The van der Waals surface area contributed by atoms with Crippen LogP contribution in [0.1, 0.15) is 45.2 Å². The lowest BCUT2D eigenvalue weighted by atomic mass is 10.1. The van der Waals surface area contributed by atoms with E-state index in [4.69, 9.17) is 0 Å². The molecule has 2 N–H and O–H groups in total. The number of aromatic nitrogens is 1. The molecule has 0 spiro atoms. The number of nitrogens with one attached hydrogen (secondary N) is 2. The predicted octanol–water partition coefficient (Wildman–Crippen LogP) is 3.75. The lowest BCUT2D eigenvalue weighted by Gasteiger charge is -2.26. The predicted molar refractivity (Wildman–Crippen MR) is 109 cm³/mol. The third-order valence-corrected chi connectivity index (χ3v) is 5.84. The van der Waals surface area contributed by atoms with Gasteiger partial charge in [-0.15, -0.1) is 11.3 Å². The lowest BCUT2D eigenvalue weighted by Crippen LogP contribution is -2.35. The Bertz CT molecular complexity index is 793. The van der Waals surface area contributed by atoms with Crippen molar-refractivity contribution in [3.63, 3.8) is 0 Å². The lowest BCUT2D eigenvalue weighted by molar-refractivity contribution is 0.0724. The van der Waals surface area contributed by atoms with E-state index in [-0.39, 0.29) is 11.9 Å². The van der Waals surface area contributed by atoms with E-state index in [0.717, 1.165) is 36.6 Å². The van der Waals surface area contributed by atoms with Gasteiger partial charge in [-0.1, -0.05) is 6.07 Å². The van der Waals surface area contributed by atoms with Crippen LogP contribution >= 0.6 is 11.3 Å². The van der Waals surface area contributed by atoms with E-state index in [0.29, 0.717) is 24.2 Å². The Balaban J connectivity index is 1.50. The second-order valence-electron chi connectivity index (χ2n) is 6.81. The van der Waals surface area contributed by atoms with Gasteiger partial charge < -0.3 is 15.5 Å². The normalized spacial score (nSPS) is 14.1. The van der Waals surface area contributed by atoms with Gasteiger partial charge in [0.05, 0.1) is 10.7 Å². The molecule has 6 nitrogen and oxygen atoms in total. The van der Waals surface area contributed by atoms with Gasteiger partial charge in [0, 0.05) is 42.2 Å².